The lowest BCUT2D eigenvalue weighted by atomic mass is 9.84. The number of rotatable bonds is 5. The molecule has 0 aliphatic rings. The molecule has 0 heterocycles. The summed E-state index contributed by atoms with van der Waals surface area (Å²) in [6.07, 6.45) is -0.155. The van der Waals surface area contributed by atoms with Gasteiger partial charge in [-0.1, -0.05) is 26.8 Å². The fourth-order valence-corrected chi connectivity index (χ4v) is 1.83. The van der Waals surface area contributed by atoms with Gasteiger partial charge in [-0.05, 0) is 17.5 Å². The summed E-state index contributed by atoms with van der Waals surface area (Å²) in [6, 6.07) is 3.60. The third-order valence-corrected chi connectivity index (χ3v) is 3.01. The van der Waals surface area contributed by atoms with Crippen LogP contribution < -0.4 is 11.1 Å². The molecule has 0 fully saturated rings. The highest BCUT2D eigenvalue weighted by Crippen LogP contribution is 2.28. The number of primary amides is 1. The molecule has 1 atom stereocenters. The van der Waals surface area contributed by atoms with Crippen molar-refractivity contribution in [3.63, 3.8) is 0 Å². The molecular weight excluding hydrogens is 263 g/mol. The number of halogens is 1. The van der Waals surface area contributed by atoms with E-state index in [2.05, 4.69) is 5.32 Å². The van der Waals surface area contributed by atoms with Crippen molar-refractivity contribution < 1.29 is 19.1 Å². The molecular formula is C14H19FN2O3. The number of carbonyl (C=O) groups excluding carboxylic acids is 1. The van der Waals surface area contributed by atoms with E-state index in [-0.39, 0.29) is 23.1 Å². The largest absolute Gasteiger partial charge is 0.481 e. The number of amides is 1. The van der Waals surface area contributed by atoms with Crippen LogP contribution in [-0.2, 0) is 4.79 Å². The summed E-state index contributed by atoms with van der Waals surface area (Å²) >= 11 is 0. The Morgan fingerprint density at radius 1 is 1.40 bits per heavy atom. The van der Waals surface area contributed by atoms with Gasteiger partial charge in [0.1, 0.15) is 5.82 Å². The lowest BCUT2D eigenvalue weighted by Gasteiger charge is -2.31. The number of carboxylic acid groups (broad SMARTS) is 1. The van der Waals surface area contributed by atoms with E-state index >= 15 is 0 Å². The van der Waals surface area contributed by atoms with Gasteiger partial charge >= 0.3 is 5.97 Å². The minimum absolute atomic E-state index is 0.155. The monoisotopic (exact) mass is 282 g/mol. The second-order valence-electron chi connectivity index (χ2n) is 5.69. The second kappa shape index (κ2) is 5.90. The molecule has 0 aliphatic carbocycles. The van der Waals surface area contributed by atoms with E-state index in [4.69, 9.17) is 10.8 Å². The van der Waals surface area contributed by atoms with Gasteiger partial charge in [0.2, 0.25) is 0 Å². The van der Waals surface area contributed by atoms with Crippen molar-refractivity contribution in [2.75, 3.05) is 5.32 Å². The first-order chi connectivity index (χ1) is 9.12. The van der Waals surface area contributed by atoms with Gasteiger partial charge < -0.3 is 16.2 Å². The Hall–Kier alpha value is -2.11. The number of benzene rings is 1. The summed E-state index contributed by atoms with van der Waals surface area (Å²) in [6.45, 7) is 5.57. The van der Waals surface area contributed by atoms with Crippen molar-refractivity contribution in [1.82, 2.24) is 0 Å². The molecule has 0 aromatic heterocycles. The first kappa shape index (κ1) is 15.9. The van der Waals surface area contributed by atoms with E-state index in [1.807, 2.05) is 20.8 Å². The lowest BCUT2D eigenvalue weighted by Crippen LogP contribution is -2.36. The van der Waals surface area contributed by atoms with Gasteiger partial charge in [0, 0.05) is 6.04 Å². The highest BCUT2D eigenvalue weighted by atomic mass is 19.1. The molecule has 1 aromatic carbocycles. The van der Waals surface area contributed by atoms with Crippen LogP contribution in [0.2, 0.25) is 0 Å². The topological polar surface area (TPSA) is 92.4 Å². The molecule has 0 spiro atoms. The zero-order valence-corrected chi connectivity index (χ0v) is 11.7. The number of aliphatic carboxylic acids is 1. The van der Waals surface area contributed by atoms with E-state index in [1.165, 1.54) is 12.1 Å². The number of anilines is 1. The molecule has 20 heavy (non-hydrogen) atoms. The van der Waals surface area contributed by atoms with Crippen LogP contribution in [0.1, 0.15) is 37.6 Å². The van der Waals surface area contributed by atoms with E-state index in [0.29, 0.717) is 0 Å². The van der Waals surface area contributed by atoms with E-state index < -0.39 is 23.7 Å². The number of hydrogen-bond donors (Lipinski definition) is 3. The van der Waals surface area contributed by atoms with Crippen molar-refractivity contribution >= 4 is 17.6 Å². The molecule has 4 N–H and O–H groups in total. The van der Waals surface area contributed by atoms with Crippen LogP contribution in [0.5, 0.6) is 0 Å². The Labute approximate surface area is 117 Å². The standard InChI is InChI=1S/C14H19FN2O3/c1-14(2,3)10(7-11(18)19)17-9-6-4-5-8(15)12(9)13(16)20/h4-6,10,17H,7H2,1-3H3,(H2,16,20)(H,18,19). The average molecular weight is 282 g/mol. The zero-order valence-electron chi connectivity index (χ0n) is 11.7. The number of hydrogen-bond acceptors (Lipinski definition) is 3. The molecule has 1 rings (SSSR count). The highest BCUT2D eigenvalue weighted by Gasteiger charge is 2.28. The van der Waals surface area contributed by atoms with Gasteiger partial charge in [0.15, 0.2) is 0 Å². The molecule has 0 saturated carbocycles. The molecule has 6 heteroatoms. The SMILES string of the molecule is CC(C)(C)C(CC(=O)O)Nc1cccc(F)c1C(N)=O. The van der Waals surface area contributed by atoms with Gasteiger partial charge in [0.05, 0.1) is 17.7 Å². The normalized spacial score (nSPS) is 12.8. The highest BCUT2D eigenvalue weighted by molar-refractivity contribution is 5.98. The first-order valence-electron chi connectivity index (χ1n) is 6.19. The Morgan fingerprint density at radius 2 is 2.00 bits per heavy atom. The molecule has 0 aliphatic heterocycles. The minimum atomic E-state index is -0.977. The fourth-order valence-electron chi connectivity index (χ4n) is 1.83. The maximum Gasteiger partial charge on any atom is 0.305 e. The van der Waals surface area contributed by atoms with Crippen LogP contribution >= 0.6 is 0 Å². The van der Waals surface area contributed by atoms with Gasteiger partial charge in [-0.25, -0.2) is 4.39 Å². The van der Waals surface area contributed by atoms with Crippen molar-refractivity contribution in [2.45, 2.75) is 33.2 Å². The Kier molecular flexibility index (Phi) is 4.70. The van der Waals surface area contributed by atoms with Crippen molar-refractivity contribution in [1.29, 1.82) is 0 Å². The number of nitrogens with two attached hydrogens (primary N) is 1. The summed E-state index contributed by atoms with van der Waals surface area (Å²) < 4.78 is 13.7. The predicted molar refractivity (Wildman–Crippen MR) is 74.0 cm³/mol. The lowest BCUT2D eigenvalue weighted by molar-refractivity contribution is -0.137. The maximum atomic E-state index is 13.7. The molecule has 0 bridgehead atoms. The predicted octanol–water partition coefficient (Wildman–Crippen LogP) is 2.23. The van der Waals surface area contributed by atoms with Gasteiger partial charge in [-0.3, -0.25) is 9.59 Å². The van der Waals surface area contributed by atoms with Crippen LogP contribution in [0.4, 0.5) is 10.1 Å². The summed E-state index contributed by atoms with van der Waals surface area (Å²) in [5.41, 5.74) is 4.73. The third-order valence-electron chi connectivity index (χ3n) is 3.01. The molecule has 5 nitrogen and oxygen atoms in total. The third kappa shape index (κ3) is 3.94. The summed E-state index contributed by atoms with van der Waals surface area (Å²) in [5, 5.41) is 11.9. The molecule has 1 unspecified atom stereocenters. The van der Waals surface area contributed by atoms with Crippen LogP contribution in [0.15, 0.2) is 18.2 Å². The molecule has 0 radical (unpaired) electrons. The zero-order chi connectivity index (χ0) is 15.5. The average Bonchev–Trinajstić information content (AvgIpc) is 2.25. The quantitative estimate of drug-likeness (QED) is 0.772. The van der Waals surface area contributed by atoms with E-state index in [9.17, 15) is 14.0 Å². The maximum absolute atomic E-state index is 13.7. The Morgan fingerprint density at radius 3 is 2.45 bits per heavy atom. The second-order valence-corrected chi connectivity index (χ2v) is 5.69. The minimum Gasteiger partial charge on any atom is -0.481 e. The molecule has 1 aromatic rings. The number of carboxylic acids is 1. The van der Waals surface area contributed by atoms with Gasteiger partial charge in [-0.15, -0.1) is 0 Å². The van der Waals surface area contributed by atoms with Gasteiger partial charge in [0.25, 0.3) is 5.91 Å². The summed E-state index contributed by atoms with van der Waals surface area (Å²) in [4.78, 5) is 22.2. The van der Waals surface area contributed by atoms with E-state index in [1.54, 1.807) is 0 Å². The summed E-state index contributed by atoms with van der Waals surface area (Å²) in [5.74, 6) is -2.60. The molecule has 110 valence electrons. The van der Waals surface area contributed by atoms with Crippen molar-refractivity contribution in [3.8, 4) is 0 Å². The van der Waals surface area contributed by atoms with Crippen LogP contribution in [0.3, 0.4) is 0 Å². The van der Waals surface area contributed by atoms with E-state index in [0.717, 1.165) is 6.07 Å². The van der Waals surface area contributed by atoms with Crippen LogP contribution in [0.25, 0.3) is 0 Å². The molecule has 0 saturated heterocycles. The number of carbonyl (C=O) groups is 2. The Bertz CT molecular complexity index is 524. The Balaban J connectivity index is 3.15. The first-order valence-corrected chi connectivity index (χ1v) is 6.19. The fraction of sp³-hybridized carbons (Fsp3) is 0.429. The van der Waals surface area contributed by atoms with Crippen LogP contribution in [-0.4, -0.2) is 23.0 Å². The van der Waals surface area contributed by atoms with Crippen molar-refractivity contribution in [3.05, 3.63) is 29.6 Å². The van der Waals surface area contributed by atoms with Gasteiger partial charge in [-0.2, -0.15) is 0 Å². The summed E-state index contributed by atoms with van der Waals surface area (Å²) in [7, 11) is 0. The van der Waals surface area contributed by atoms with Crippen LogP contribution in [0, 0.1) is 11.2 Å². The number of nitrogens with one attached hydrogen (secondary N) is 1. The van der Waals surface area contributed by atoms with Crippen molar-refractivity contribution in [2.24, 2.45) is 11.1 Å². The smallest absolute Gasteiger partial charge is 0.305 e. The molecule has 1 amide bonds.